The molecule has 0 amide bonds. The Morgan fingerprint density at radius 2 is 1.77 bits per heavy atom. The molecule has 0 saturated carbocycles. The van der Waals surface area contributed by atoms with Crippen LogP contribution in [0.5, 0.6) is 5.75 Å². The molecule has 6 nitrogen and oxygen atoms in total. The van der Waals surface area contributed by atoms with Crippen molar-refractivity contribution in [2.75, 3.05) is 11.3 Å². The predicted octanol–water partition coefficient (Wildman–Crippen LogP) is 3.44. The van der Waals surface area contributed by atoms with Crippen LogP contribution in [0.2, 0.25) is 0 Å². The van der Waals surface area contributed by atoms with E-state index in [-0.39, 0.29) is 4.90 Å². The predicted molar refractivity (Wildman–Crippen MR) is 101 cm³/mol. The van der Waals surface area contributed by atoms with Crippen LogP contribution in [0.25, 0.3) is 0 Å². The highest BCUT2D eigenvalue weighted by atomic mass is 32.2. The maximum Gasteiger partial charge on any atom is 0.265 e. The van der Waals surface area contributed by atoms with E-state index in [2.05, 4.69) is 9.82 Å². The van der Waals surface area contributed by atoms with E-state index in [0.717, 1.165) is 5.56 Å². The average molecular weight is 371 g/mol. The third-order valence-electron chi connectivity index (χ3n) is 3.80. The van der Waals surface area contributed by atoms with Gasteiger partial charge >= 0.3 is 0 Å². The third-order valence-corrected chi connectivity index (χ3v) is 5.28. The summed E-state index contributed by atoms with van der Waals surface area (Å²) >= 11 is 0. The van der Waals surface area contributed by atoms with Crippen molar-refractivity contribution in [3.63, 3.8) is 0 Å². The molecule has 26 heavy (non-hydrogen) atoms. The molecule has 1 heterocycles. The summed E-state index contributed by atoms with van der Waals surface area (Å²) in [5, 5.41) is 4.33. The van der Waals surface area contributed by atoms with Gasteiger partial charge in [0.1, 0.15) is 10.6 Å². The van der Waals surface area contributed by atoms with Gasteiger partial charge < -0.3 is 4.74 Å². The van der Waals surface area contributed by atoms with Gasteiger partial charge in [-0.2, -0.15) is 5.10 Å². The highest BCUT2D eigenvalue weighted by Crippen LogP contribution is 2.21. The van der Waals surface area contributed by atoms with Gasteiger partial charge in [0, 0.05) is 11.9 Å². The summed E-state index contributed by atoms with van der Waals surface area (Å²) in [5.74, 6) is 0.697. The summed E-state index contributed by atoms with van der Waals surface area (Å²) in [6, 6.07) is 16.6. The number of rotatable bonds is 7. The van der Waals surface area contributed by atoms with E-state index in [1.807, 2.05) is 37.3 Å². The van der Waals surface area contributed by atoms with Crippen LogP contribution in [0, 0.1) is 6.92 Å². The first-order valence-electron chi connectivity index (χ1n) is 8.31. The molecule has 136 valence electrons. The fourth-order valence-electron chi connectivity index (χ4n) is 2.61. The van der Waals surface area contributed by atoms with Crippen molar-refractivity contribution in [2.24, 2.45) is 0 Å². The number of anilines is 1. The summed E-state index contributed by atoms with van der Waals surface area (Å²) in [6.45, 7) is 4.66. The number of sulfonamides is 1. The molecule has 0 aliphatic heterocycles. The molecule has 1 N–H and O–H groups in total. The number of aromatic nitrogens is 2. The van der Waals surface area contributed by atoms with Crippen LogP contribution >= 0.6 is 0 Å². The number of benzene rings is 2. The first-order valence-corrected chi connectivity index (χ1v) is 9.80. The standard InChI is InChI=1S/C19H21N3O3S/c1-3-25-18-11-9-17(10-12-18)21-26(23,24)19-14-22(20-15(19)2)13-16-7-5-4-6-8-16/h4-12,14,21H,3,13H2,1-2H3. The van der Waals surface area contributed by atoms with E-state index in [4.69, 9.17) is 4.74 Å². The lowest BCUT2D eigenvalue weighted by atomic mass is 10.2. The normalized spacial score (nSPS) is 11.3. The zero-order chi connectivity index (χ0) is 18.6. The van der Waals surface area contributed by atoms with Gasteiger partial charge in [-0.15, -0.1) is 0 Å². The van der Waals surface area contributed by atoms with E-state index >= 15 is 0 Å². The number of ether oxygens (including phenoxy) is 1. The molecule has 7 heteroatoms. The number of hydrogen-bond donors (Lipinski definition) is 1. The van der Waals surface area contributed by atoms with Crippen LogP contribution in [0.15, 0.2) is 65.7 Å². The van der Waals surface area contributed by atoms with Gasteiger partial charge in [-0.3, -0.25) is 9.40 Å². The molecule has 0 saturated heterocycles. The Bertz CT molecular complexity index is 965. The molecule has 0 fully saturated rings. The van der Waals surface area contributed by atoms with E-state index in [9.17, 15) is 8.42 Å². The van der Waals surface area contributed by atoms with Crippen molar-refractivity contribution < 1.29 is 13.2 Å². The number of hydrogen-bond acceptors (Lipinski definition) is 4. The van der Waals surface area contributed by atoms with Gasteiger partial charge in [0.25, 0.3) is 10.0 Å². The molecule has 0 atom stereocenters. The smallest absolute Gasteiger partial charge is 0.265 e. The van der Waals surface area contributed by atoms with E-state index in [0.29, 0.717) is 30.3 Å². The lowest BCUT2D eigenvalue weighted by Gasteiger charge is -2.08. The van der Waals surface area contributed by atoms with Crippen LogP contribution in [0.1, 0.15) is 18.2 Å². The number of aryl methyl sites for hydroxylation is 1. The van der Waals surface area contributed by atoms with Crippen molar-refractivity contribution in [3.8, 4) is 5.75 Å². The van der Waals surface area contributed by atoms with E-state index < -0.39 is 10.0 Å². The molecule has 0 aliphatic rings. The van der Waals surface area contributed by atoms with Crippen molar-refractivity contribution in [2.45, 2.75) is 25.3 Å². The molecular weight excluding hydrogens is 350 g/mol. The van der Waals surface area contributed by atoms with Gasteiger partial charge in [0.05, 0.1) is 18.8 Å². The second-order valence-corrected chi connectivity index (χ2v) is 7.48. The second-order valence-electron chi connectivity index (χ2n) is 5.82. The van der Waals surface area contributed by atoms with Crippen molar-refractivity contribution in [3.05, 3.63) is 72.1 Å². The molecule has 2 aromatic carbocycles. The maximum atomic E-state index is 12.7. The topological polar surface area (TPSA) is 73.2 Å². The van der Waals surface area contributed by atoms with Crippen LogP contribution in [0.4, 0.5) is 5.69 Å². The van der Waals surface area contributed by atoms with Crippen LogP contribution < -0.4 is 9.46 Å². The van der Waals surface area contributed by atoms with E-state index in [1.54, 1.807) is 42.1 Å². The van der Waals surface area contributed by atoms with Gasteiger partial charge in [-0.05, 0) is 43.7 Å². The Balaban J connectivity index is 1.78. The SMILES string of the molecule is CCOc1ccc(NS(=O)(=O)c2cn(Cc3ccccc3)nc2C)cc1. The zero-order valence-corrected chi connectivity index (χ0v) is 15.5. The van der Waals surface area contributed by atoms with Crippen LogP contribution in [0.3, 0.4) is 0 Å². The summed E-state index contributed by atoms with van der Waals surface area (Å²) < 4.78 is 35.0. The fourth-order valence-corrected chi connectivity index (χ4v) is 3.86. The second kappa shape index (κ2) is 7.61. The monoisotopic (exact) mass is 371 g/mol. The minimum Gasteiger partial charge on any atom is -0.494 e. The summed E-state index contributed by atoms with van der Waals surface area (Å²) in [6.07, 6.45) is 1.55. The van der Waals surface area contributed by atoms with Crippen molar-refractivity contribution >= 4 is 15.7 Å². The summed E-state index contributed by atoms with van der Waals surface area (Å²) in [5.41, 5.74) is 1.99. The molecular formula is C19H21N3O3S. The van der Waals surface area contributed by atoms with Gasteiger partial charge in [-0.1, -0.05) is 30.3 Å². The fraction of sp³-hybridized carbons (Fsp3) is 0.211. The molecule has 0 radical (unpaired) electrons. The molecule has 1 aromatic heterocycles. The van der Waals surface area contributed by atoms with Crippen molar-refractivity contribution in [1.29, 1.82) is 0 Å². The summed E-state index contributed by atoms with van der Waals surface area (Å²) in [7, 11) is -3.71. The number of nitrogens with zero attached hydrogens (tertiary/aromatic N) is 2. The quantitative estimate of drug-likeness (QED) is 0.690. The minimum absolute atomic E-state index is 0.169. The van der Waals surface area contributed by atoms with E-state index in [1.165, 1.54) is 0 Å². The zero-order valence-electron chi connectivity index (χ0n) is 14.7. The third kappa shape index (κ3) is 4.23. The van der Waals surface area contributed by atoms with Gasteiger partial charge in [-0.25, -0.2) is 8.42 Å². The first kappa shape index (κ1) is 18.0. The Morgan fingerprint density at radius 3 is 2.42 bits per heavy atom. The first-order chi connectivity index (χ1) is 12.5. The molecule has 3 aromatic rings. The van der Waals surface area contributed by atoms with Crippen LogP contribution in [-0.4, -0.2) is 24.8 Å². The Kier molecular flexibility index (Phi) is 5.27. The molecule has 0 unspecified atom stereocenters. The average Bonchev–Trinajstić information content (AvgIpc) is 2.99. The summed E-state index contributed by atoms with van der Waals surface area (Å²) in [4.78, 5) is 0.169. The van der Waals surface area contributed by atoms with Gasteiger partial charge in [0.15, 0.2) is 0 Å². The maximum absolute atomic E-state index is 12.7. The largest absolute Gasteiger partial charge is 0.494 e. The molecule has 3 rings (SSSR count). The molecule has 0 spiro atoms. The lowest BCUT2D eigenvalue weighted by molar-refractivity contribution is 0.340. The highest BCUT2D eigenvalue weighted by molar-refractivity contribution is 7.92. The van der Waals surface area contributed by atoms with Crippen molar-refractivity contribution in [1.82, 2.24) is 9.78 Å². The highest BCUT2D eigenvalue weighted by Gasteiger charge is 2.20. The Morgan fingerprint density at radius 1 is 1.08 bits per heavy atom. The van der Waals surface area contributed by atoms with Crippen LogP contribution in [-0.2, 0) is 16.6 Å². The van der Waals surface area contributed by atoms with Gasteiger partial charge in [0.2, 0.25) is 0 Å². The Hall–Kier alpha value is -2.80. The molecule has 0 aliphatic carbocycles. The lowest BCUT2D eigenvalue weighted by Crippen LogP contribution is -2.13. The molecule has 0 bridgehead atoms. The number of nitrogens with one attached hydrogen (secondary N) is 1. The minimum atomic E-state index is -3.71. The Labute approximate surface area is 153 Å².